The molecule has 1 aromatic carbocycles. The maximum absolute atomic E-state index is 13.4. The van der Waals surface area contributed by atoms with Gasteiger partial charge in [0.15, 0.2) is 11.6 Å². The minimum Gasteiger partial charge on any atom is -0.494 e. The molecule has 0 bridgehead atoms. The average Bonchev–Trinajstić information content (AvgIpc) is 2.77. The average molecular weight is 232 g/mol. The van der Waals surface area contributed by atoms with Crippen molar-refractivity contribution in [1.29, 1.82) is 5.26 Å². The van der Waals surface area contributed by atoms with E-state index in [0.717, 1.165) is 5.56 Å². The van der Waals surface area contributed by atoms with E-state index in [2.05, 4.69) is 10.1 Å². The highest BCUT2D eigenvalue weighted by atomic mass is 19.1. The van der Waals surface area contributed by atoms with E-state index in [0.29, 0.717) is 6.54 Å². The third kappa shape index (κ3) is 2.39. The van der Waals surface area contributed by atoms with Crippen molar-refractivity contribution in [3.8, 4) is 11.8 Å². The van der Waals surface area contributed by atoms with Gasteiger partial charge in [-0.25, -0.2) is 14.1 Å². The molecule has 0 aliphatic heterocycles. The number of rotatable bonds is 3. The first-order valence-corrected chi connectivity index (χ1v) is 4.85. The van der Waals surface area contributed by atoms with E-state index in [1.807, 2.05) is 6.07 Å². The van der Waals surface area contributed by atoms with Crippen LogP contribution >= 0.6 is 0 Å². The van der Waals surface area contributed by atoms with E-state index in [4.69, 9.17) is 10.00 Å². The van der Waals surface area contributed by atoms with Crippen molar-refractivity contribution in [3.05, 3.63) is 41.7 Å². The molecule has 0 atom stereocenters. The quantitative estimate of drug-likeness (QED) is 0.801. The molecule has 0 saturated carbocycles. The predicted octanol–water partition coefficient (Wildman–Crippen LogP) is 1.35. The van der Waals surface area contributed by atoms with Crippen LogP contribution in [0.1, 0.15) is 11.4 Å². The number of hydrogen-bond acceptors (Lipinski definition) is 4. The van der Waals surface area contributed by atoms with Crippen LogP contribution in [-0.4, -0.2) is 21.9 Å². The largest absolute Gasteiger partial charge is 0.494 e. The molecule has 0 aliphatic carbocycles. The van der Waals surface area contributed by atoms with Crippen LogP contribution in [0, 0.1) is 17.1 Å². The SMILES string of the molecule is COc1ccc(Cn2cnc(C#N)n2)cc1F. The smallest absolute Gasteiger partial charge is 0.252 e. The van der Waals surface area contributed by atoms with Gasteiger partial charge in [0.1, 0.15) is 12.4 Å². The maximum atomic E-state index is 13.4. The summed E-state index contributed by atoms with van der Waals surface area (Å²) in [5.41, 5.74) is 0.720. The van der Waals surface area contributed by atoms with Gasteiger partial charge in [0.05, 0.1) is 13.7 Å². The molecule has 0 radical (unpaired) electrons. The van der Waals surface area contributed by atoms with Gasteiger partial charge in [-0.1, -0.05) is 6.07 Å². The second kappa shape index (κ2) is 4.61. The fourth-order valence-corrected chi connectivity index (χ4v) is 1.42. The van der Waals surface area contributed by atoms with Crippen LogP contribution in [0.25, 0.3) is 0 Å². The van der Waals surface area contributed by atoms with Gasteiger partial charge in [0.25, 0.3) is 5.82 Å². The van der Waals surface area contributed by atoms with Crippen LogP contribution in [0.3, 0.4) is 0 Å². The third-order valence-electron chi connectivity index (χ3n) is 2.20. The van der Waals surface area contributed by atoms with Crippen molar-refractivity contribution in [2.75, 3.05) is 7.11 Å². The van der Waals surface area contributed by atoms with E-state index < -0.39 is 5.82 Å². The topological polar surface area (TPSA) is 63.7 Å². The number of ether oxygens (including phenoxy) is 1. The molecule has 1 aromatic heterocycles. The van der Waals surface area contributed by atoms with Crippen LogP contribution in [-0.2, 0) is 6.54 Å². The highest BCUT2D eigenvalue weighted by molar-refractivity contribution is 5.29. The lowest BCUT2D eigenvalue weighted by Gasteiger charge is -2.04. The van der Waals surface area contributed by atoms with Gasteiger partial charge < -0.3 is 4.74 Å². The van der Waals surface area contributed by atoms with E-state index in [9.17, 15) is 4.39 Å². The summed E-state index contributed by atoms with van der Waals surface area (Å²) in [7, 11) is 1.41. The zero-order chi connectivity index (χ0) is 12.3. The highest BCUT2D eigenvalue weighted by Crippen LogP contribution is 2.17. The Bertz CT molecular complexity index is 573. The number of nitriles is 1. The fraction of sp³-hybridized carbons (Fsp3) is 0.182. The highest BCUT2D eigenvalue weighted by Gasteiger charge is 2.05. The molecule has 0 unspecified atom stereocenters. The van der Waals surface area contributed by atoms with Gasteiger partial charge in [-0.3, -0.25) is 0 Å². The zero-order valence-corrected chi connectivity index (χ0v) is 9.09. The Kier molecular flexibility index (Phi) is 3.01. The van der Waals surface area contributed by atoms with E-state index >= 15 is 0 Å². The van der Waals surface area contributed by atoms with Crippen LogP contribution in [0.5, 0.6) is 5.75 Å². The lowest BCUT2D eigenvalue weighted by Crippen LogP contribution is -2.01. The number of nitrogens with zero attached hydrogens (tertiary/aromatic N) is 4. The normalized spacial score (nSPS) is 9.94. The molecule has 0 saturated heterocycles. The van der Waals surface area contributed by atoms with Gasteiger partial charge in [-0.05, 0) is 17.7 Å². The summed E-state index contributed by atoms with van der Waals surface area (Å²) in [6.45, 7) is 0.357. The van der Waals surface area contributed by atoms with Crippen LogP contribution < -0.4 is 4.74 Å². The van der Waals surface area contributed by atoms with Gasteiger partial charge in [-0.15, -0.1) is 5.10 Å². The molecule has 86 valence electrons. The van der Waals surface area contributed by atoms with Crippen molar-refractivity contribution in [3.63, 3.8) is 0 Å². The maximum Gasteiger partial charge on any atom is 0.252 e. The number of halogens is 1. The first-order chi connectivity index (χ1) is 8.22. The van der Waals surface area contributed by atoms with E-state index in [1.54, 1.807) is 12.1 Å². The lowest BCUT2D eigenvalue weighted by molar-refractivity contribution is 0.386. The summed E-state index contributed by atoms with van der Waals surface area (Å²) in [5, 5.41) is 12.5. The van der Waals surface area contributed by atoms with Gasteiger partial charge in [0.2, 0.25) is 0 Å². The summed E-state index contributed by atoms with van der Waals surface area (Å²) in [6.07, 6.45) is 1.43. The Morgan fingerprint density at radius 3 is 2.94 bits per heavy atom. The summed E-state index contributed by atoms with van der Waals surface area (Å²) in [4.78, 5) is 3.76. The molecule has 0 aliphatic rings. The van der Waals surface area contributed by atoms with Gasteiger partial charge >= 0.3 is 0 Å². The molecule has 0 amide bonds. The monoisotopic (exact) mass is 232 g/mol. The van der Waals surface area contributed by atoms with E-state index in [1.165, 1.54) is 24.2 Å². The summed E-state index contributed by atoms with van der Waals surface area (Å²) >= 11 is 0. The molecule has 1 heterocycles. The molecular weight excluding hydrogens is 223 g/mol. The summed E-state index contributed by atoms with van der Waals surface area (Å²) in [5.74, 6) is -0.130. The zero-order valence-electron chi connectivity index (χ0n) is 9.09. The van der Waals surface area contributed by atoms with Crippen molar-refractivity contribution >= 4 is 0 Å². The Morgan fingerprint density at radius 1 is 1.53 bits per heavy atom. The minimum absolute atomic E-state index is 0.0963. The van der Waals surface area contributed by atoms with Crippen LogP contribution in [0.2, 0.25) is 0 Å². The number of benzene rings is 1. The van der Waals surface area contributed by atoms with E-state index in [-0.39, 0.29) is 11.6 Å². The van der Waals surface area contributed by atoms with Crippen LogP contribution in [0.15, 0.2) is 24.5 Å². The fourth-order valence-electron chi connectivity index (χ4n) is 1.42. The standard InChI is InChI=1S/C11H9FN4O/c1-17-10-3-2-8(4-9(10)12)6-16-7-14-11(5-13)15-16/h2-4,7H,6H2,1H3. The second-order valence-corrected chi connectivity index (χ2v) is 3.35. The summed E-state index contributed by atoms with van der Waals surface area (Å²) in [6, 6.07) is 6.47. The number of methoxy groups -OCH3 is 1. The third-order valence-corrected chi connectivity index (χ3v) is 2.20. The molecule has 17 heavy (non-hydrogen) atoms. The molecule has 2 aromatic rings. The van der Waals surface area contributed by atoms with Crippen LogP contribution in [0.4, 0.5) is 4.39 Å². The molecule has 0 fully saturated rings. The first kappa shape index (κ1) is 11.1. The molecule has 0 N–H and O–H groups in total. The Morgan fingerprint density at radius 2 is 2.35 bits per heavy atom. The Balaban J connectivity index is 2.19. The van der Waals surface area contributed by atoms with Crippen molar-refractivity contribution in [1.82, 2.24) is 14.8 Å². The first-order valence-electron chi connectivity index (χ1n) is 4.85. The minimum atomic E-state index is -0.425. The molecule has 0 spiro atoms. The lowest BCUT2D eigenvalue weighted by atomic mass is 10.2. The molecule has 5 nitrogen and oxygen atoms in total. The second-order valence-electron chi connectivity index (χ2n) is 3.35. The summed E-state index contributed by atoms with van der Waals surface area (Å²) < 4.78 is 19.7. The van der Waals surface area contributed by atoms with Crippen molar-refractivity contribution in [2.24, 2.45) is 0 Å². The van der Waals surface area contributed by atoms with Crippen molar-refractivity contribution < 1.29 is 9.13 Å². The van der Waals surface area contributed by atoms with Crippen molar-refractivity contribution in [2.45, 2.75) is 6.54 Å². The number of hydrogen-bond donors (Lipinski definition) is 0. The Labute approximate surface area is 97.1 Å². The van der Waals surface area contributed by atoms with Gasteiger partial charge in [0, 0.05) is 0 Å². The molecular formula is C11H9FN4O. The van der Waals surface area contributed by atoms with Gasteiger partial charge in [-0.2, -0.15) is 5.26 Å². The molecule has 6 heteroatoms. The Hall–Kier alpha value is -2.42. The predicted molar refractivity (Wildman–Crippen MR) is 56.8 cm³/mol. The number of aromatic nitrogens is 3. The molecule has 2 rings (SSSR count).